The van der Waals surface area contributed by atoms with Crippen LogP contribution in [0.4, 0.5) is 0 Å². The minimum atomic E-state index is -2.21. The molecule has 0 heterocycles. The molecule has 0 aliphatic heterocycles. The Balaban J connectivity index is 4.66. The molecule has 0 rings (SSSR count). The van der Waals surface area contributed by atoms with Gasteiger partial charge in [-0.2, -0.15) is 0 Å². The molecule has 0 aromatic rings. The van der Waals surface area contributed by atoms with Crippen molar-refractivity contribution in [1.82, 2.24) is 0 Å². The maximum atomic E-state index is 6.22. The Morgan fingerprint density at radius 1 is 0.938 bits per heavy atom. The maximum Gasteiger partial charge on any atom is 0.361 e. The van der Waals surface area contributed by atoms with Crippen LogP contribution in [0.2, 0.25) is 6.55 Å². The molecule has 0 aromatic carbocycles. The molecule has 0 bridgehead atoms. The molecule has 1 unspecified atom stereocenters. The Kier molecular flexibility index (Phi) is 6.52. The van der Waals surface area contributed by atoms with E-state index in [1.807, 2.05) is 19.5 Å². The maximum absolute atomic E-state index is 6.22. The van der Waals surface area contributed by atoms with Crippen LogP contribution in [0.1, 0.15) is 41.5 Å². The molecular weight excluding hydrogens is 216 g/mol. The summed E-state index contributed by atoms with van der Waals surface area (Å²) in [5, 5.41) is 0. The number of rotatable bonds is 7. The van der Waals surface area contributed by atoms with Gasteiger partial charge in [0.2, 0.25) is 0 Å². The van der Waals surface area contributed by atoms with Crippen LogP contribution in [-0.2, 0) is 8.85 Å². The molecule has 0 aliphatic carbocycles. The highest BCUT2D eigenvalue weighted by Gasteiger charge is 2.34. The third kappa shape index (κ3) is 5.28. The Labute approximate surface area is 102 Å². The first-order valence-corrected chi connectivity index (χ1v) is 8.60. The summed E-state index contributed by atoms with van der Waals surface area (Å²) in [7, 11) is -2.21. The Morgan fingerprint density at radius 2 is 1.38 bits per heavy atom. The Morgan fingerprint density at radius 3 is 1.62 bits per heavy atom. The van der Waals surface area contributed by atoms with Gasteiger partial charge in [-0.3, -0.25) is 0 Å². The summed E-state index contributed by atoms with van der Waals surface area (Å²) in [6.07, 6.45) is 0.433. The molecule has 0 fully saturated rings. The van der Waals surface area contributed by atoms with Gasteiger partial charge in [0.15, 0.2) is 0 Å². The molecule has 0 radical (unpaired) electrons. The second-order valence-electron chi connectivity index (χ2n) is 5.46. The third-order valence-electron chi connectivity index (χ3n) is 2.52. The Bertz CT molecular complexity index is 206. The van der Waals surface area contributed by atoms with Crippen molar-refractivity contribution in [3.8, 4) is 0 Å². The zero-order valence-corrected chi connectivity index (χ0v) is 12.9. The van der Waals surface area contributed by atoms with Gasteiger partial charge in [0.05, 0.1) is 6.10 Å². The van der Waals surface area contributed by atoms with Crippen molar-refractivity contribution >= 4 is 8.56 Å². The quantitative estimate of drug-likeness (QED) is 0.632. The first-order chi connectivity index (χ1) is 7.22. The largest absolute Gasteiger partial charge is 0.389 e. The van der Waals surface area contributed by atoms with Gasteiger partial charge in [-0.1, -0.05) is 27.7 Å². The molecule has 1 atom stereocenters. The lowest BCUT2D eigenvalue weighted by atomic mass is 9.97. The minimum Gasteiger partial charge on any atom is -0.389 e. The van der Waals surface area contributed by atoms with Gasteiger partial charge < -0.3 is 8.85 Å². The third-order valence-corrected chi connectivity index (χ3v) is 4.95. The van der Waals surface area contributed by atoms with E-state index < -0.39 is 8.56 Å². The average molecular weight is 244 g/mol. The van der Waals surface area contributed by atoms with Crippen molar-refractivity contribution in [2.75, 3.05) is 0 Å². The molecule has 0 aromatic heterocycles. The molecule has 0 N–H and O–H groups in total. The summed E-state index contributed by atoms with van der Waals surface area (Å²) in [5.41, 5.74) is 1.88. The van der Waals surface area contributed by atoms with Gasteiger partial charge in [-0.05, 0) is 37.9 Å². The summed E-state index contributed by atoms with van der Waals surface area (Å²) in [6, 6.07) is 0. The zero-order valence-electron chi connectivity index (χ0n) is 11.9. The first kappa shape index (κ1) is 15.9. The van der Waals surface area contributed by atoms with E-state index in [0.29, 0.717) is 11.8 Å². The molecule has 0 amide bonds. The fourth-order valence-electron chi connectivity index (χ4n) is 1.90. The Hall–Kier alpha value is -0.123. The van der Waals surface area contributed by atoms with Crippen molar-refractivity contribution in [3.63, 3.8) is 0 Å². The summed E-state index contributed by atoms with van der Waals surface area (Å²) in [4.78, 5) is 0. The number of hydrogen-bond acceptors (Lipinski definition) is 2. The van der Waals surface area contributed by atoms with Crippen LogP contribution in [-0.4, -0.2) is 20.8 Å². The van der Waals surface area contributed by atoms with Crippen LogP contribution < -0.4 is 0 Å². The minimum absolute atomic E-state index is 0.189. The van der Waals surface area contributed by atoms with Crippen LogP contribution in [0, 0.1) is 11.8 Å². The highest BCUT2D eigenvalue weighted by molar-refractivity contribution is 6.71. The first-order valence-electron chi connectivity index (χ1n) is 6.21. The molecule has 0 saturated carbocycles. The van der Waals surface area contributed by atoms with Crippen LogP contribution in [0.15, 0.2) is 12.3 Å². The van der Waals surface area contributed by atoms with E-state index in [9.17, 15) is 0 Å². The van der Waals surface area contributed by atoms with Crippen LogP contribution >= 0.6 is 0 Å². The number of hydrogen-bond donors (Lipinski definition) is 0. The normalized spacial score (nSPS) is 16.2. The lowest BCUT2D eigenvalue weighted by Gasteiger charge is -2.34. The predicted octanol–water partition coefficient (Wildman–Crippen LogP) is 3.91. The topological polar surface area (TPSA) is 18.5 Å². The van der Waals surface area contributed by atoms with E-state index in [1.54, 1.807) is 0 Å². The van der Waals surface area contributed by atoms with Crippen LogP contribution in [0.5, 0.6) is 0 Å². The van der Waals surface area contributed by atoms with Gasteiger partial charge in [0.1, 0.15) is 0 Å². The summed E-state index contributed by atoms with van der Waals surface area (Å²) in [6.45, 7) is 18.8. The lowest BCUT2D eigenvalue weighted by Crippen LogP contribution is -2.45. The van der Waals surface area contributed by atoms with Crippen molar-refractivity contribution in [3.05, 3.63) is 12.3 Å². The van der Waals surface area contributed by atoms with Gasteiger partial charge in [0.25, 0.3) is 0 Å². The van der Waals surface area contributed by atoms with E-state index in [2.05, 4.69) is 40.8 Å². The van der Waals surface area contributed by atoms with Gasteiger partial charge in [-0.25, -0.2) is 0 Å². The van der Waals surface area contributed by atoms with E-state index in [-0.39, 0.29) is 12.2 Å². The monoisotopic (exact) mass is 244 g/mol. The smallest absolute Gasteiger partial charge is 0.361 e. The van der Waals surface area contributed by atoms with E-state index in [4.69, 9.17) is 8.85 Å². The standard InChI is InChI=1S/C13H28O2Si/c1-9-16(8,14-12(6)7)15-13(10(2)3)11(4)5/h9-13H,1H2,2-8H3. The zero-order chi connectivity index (χ0) is 12.9. The van der Waals surface area contributed by atoms with Crippen LogP contribution in [0.25, 0.3) is 0 Å². The SMILES string of the molecule is C=C[Si](C)(OC(C)C)OC(C(C)C)C(C)C. The fraction of sp³-hybridized carbons (Fsp3) is 0.846. The summed E-state index contributed by atoms with van der Waals surface area (Å²) >= 11 is 0. The molecule has 96 valence electrons. The predicted molar refractivity (Wildman–Crippen MR) is 72.6 cm³/mol. The van der Waals surface area contributed by atoms with Crippen molar-refractivity contribution in [2.24, 2.45) is 11.8 Å². The molecule has 2 nitrogen and oxygen atoms in total. The van der Waals surface area contributed by atoms with Gasteiger partial charge >= 0.3 is 8.56 Å². The van der Waals surface area contributed by atoms with Crippen LogP contribution in [0.3, 0.4) is 0 Å². The second-order valence-corrected chi connectivity index (χ2v) is 8.37. The highest BCUT2D eigenvalue weighted by Crippen LogP contribution is 2.23. The van der Waals surface area contributed by atoms with Crippen molar-refractivity contribution in [1.29, 1.82) is 0 Å². The summed E-state index contributed by atoms with van der Waals surface area (Å²) < 4.78 is 12.1. The van der Waals surface area contributed by atoms with Gasteiger partial charge in [0, 0.05) is 6.10 Å². The van der Waals surface area contributed by atoms with E-state index in [0.717, 1.165) is 0 Å². The van der Waals surface area contributed by atoms with Crippen molar-refractivity contribution in [2.45, 2.75) is 60.3 Å². The second kappa shape index (κ2) is 6.57. The average Bonchev–Trinajstić information content (AvgIpc) is 2.12. The molecule has 3 heteroatoms. The van der Waals surface area contributed by atoms with E-state index >= 15 is 0 Å². The highest BCUT2D eigenvalue weighted by atomic mass is 28.4. The lowest BCUT2D eigenvalue weighted by molar-refractivity contribution is 0.0484. The molecular formula is C13H28O2Si. The molecule has 0 saturated heterocycles. The molecule has 16 heavy (non-hydrogen) atoms. The summed E-state index contributed by atoms with van der Waals surface area (Å²) in [5.74, 6) is 1.00. The van der Waals surface area contributed by atoms with Gasteiger partial charge in [-0.15, -0.1) is 6.58 Å². The van der Waals surface area contributed by atoms with Crippen molar-refractivity contribution < 1.29 is 8.85 Å². The van der Waals surface area contributed by atoms with E-state index in [1.165, 1.54) is 0 Å². The molecule has 0 aliphatic rings. The fourth-order valence-corrected chi connectivity index (χ4v) is 4.17. The molecule has 0 spiro atoms.